The molecule has 2 rings (SSSR count). The number of aliphatic carboxylic acids is 1. The quantitative estimate of drug-likeness (QED) is 0.806. The third-order valence-electron chi connectivity index (χ3n) is 3.89. The molecule has 1 saturated heterocycles. The lowest BCUT2D eigenvalue weighted by Gasteiger charge is -2.24. The molecule has 0 bridgehead atoms. The van der Waals surface area contributed by atoms with Gasteiger partial charge in [-0.1, -0.05) is 31.5 Å². The van der Waals surface area contributed by atoms with E-state index in [2.05, 4.69) is 0 Å². The van der Waals surface area contributed by atoms with E-state index in [0.29, 0.717) is 17.9 Å². The number of carboxylic acid groups (broad SMARTS) is 1. The van der Waals surface area contributed by atoms with Gasteiger partial charge in [0, 0.05) is 5.03 Å². The van der Waals surface area contributed by atoms with Crippen LogP contribution in [-0.2, 0) is 14.4 Å². The highest BCUT2D eigenvalue weighted by atomic mass is 35.5. The van der Waals surface area contributed by atoms with Crippen LogP contribution in [0.1, 0.15) is 33.1 Å². The third kappa shape index (κ3) is 2.59. The average molecular weight is 300 g/mol. The Morgan fingerprint density at radius 1 is 1.40 bits per heavy atom. The molecule has 3 unspecified atom stereocenters. The molecular weight excluding hydrogens is 282 g/mol. The highest BCUT2D eigenvalue weighted by Gasteiger charge is 2.52. The fourth-order valence-corrected chi connectivity index (χ4v) is 3.18. The van der Waals surface area contributed by atoms with Crippen molar-refractivity contribution in [1.82, 2.24) is 4.90 Å². The summed E-state index contributed by atoms with van der Waals surface area (Å²) in [7, 11) is 0. The second-order valence-electron chi connectivity index (χ2n) is 5.83. The second-order valence-corrected chi connectivity index (χ2v) is 6.32. The maximum Gasteiger partial charge on any atom is 0.326 e. The molecule has 0 aromatic carbocycles. The van der Waals surface area contributed by atoms with Gasteiger partial charge in [0.25, 0.3) is 0 Å². The van der Waals surface area contributed by atoms with Crippen LogP contribution in [0.25, 0.3) is 0 Å². The standard InChI is InChI=1S/C14H18ClNO4/c1-7(2)5-11(14(19)20)16-12(17)9-4-3-8(15)6-10(9)13(16)18/h3,7,9-11H,4-6H2,1-2H3,(H,19,20). The molecule has 1 aliphatic heterocycles. The molecule has 1 aliphatic carbocycles. The Bertz CT molecular complexity index is 486. The molecule has 110 valence electrons. The maximum absolute atomic E-state index is 12.4. The Morgan fingerprint density at radius 2 is 2.00 bits per heavy atom. The van der Waals surface area contributed by atoms with Crippen molar-refractivity contribution in [3.05, 3.63) is 11.1 Å². The minimum absolute atomic E-state index is 0.0843. The van der Waals surface area contributed by atoms with Gasteiger partial charge in [0.1, 0.15) is 6.04 Å². The van der Waals surface area contributed by atoms with E-state index in [1.807, 2.05) is 13.8 Å². The minimum atomic E-state index is -1.13. The van der Waals surface area contributed by atoms with E-state index < -0.39 is 23.8 Å². The number of hydrogen-bond acceptors (Lipinski definition) is 3. The number of nitrogens with zero attached hydrogens (tertiary/aromatic N) is 1. The van der Waals surface area contributed by atoms with Gasteiger partial charge in [-0.05, 0) is 25.2 Å². The lowest BCUT2D eigenvalue weighted by Crippen LogP contribution is -2.46. The van der Waals surface area contributed by atoms with Crippen LogP contribution in [0.2, 0.25) is 0 Å². The van der Waals surface area contributed by atoms with Gasteiger partial charge in [-0.25, -0.2) is 4.79 Å². The summed E-state index contributed by atoms with van der Waals surface area (Å²) in [5.41, 5.74) is 0. The Labute approximate surface area is 122 Å². The van der Waals surface area contributed by atoms with Gasteiger partial charge in [0.15, 0.2) is 0 Å². The van der Waals surface area contributed by atoms with Crippen molar-refractivity contribution in [2.75, 3.05) is 0 Å². The zero-order valence-corrected chi connectivity index (χ0v) is 12.3. The van der Waals surface area contributed by atoms with Crippen molar-refractivity contribution in [3.63, 3.8) is 0 Å². The number of carbonyl (C=O) groups excluding carboxylic acids is 2. The molecule has 1 heterocycles. The largest absolute Gasteiger partial charge is 0.480 e. The number of fused-ring (bicyclic) bond motifs is 1. The summed E-state index contributed by atoms with van der Waals surface area (Å²) < 4.78 is 0. The van der Waals surface area contributed by atoms with Crippen molar-refractivity contribution in [1.29, 1.82) is 0 Å². The molecule has 3 atom stereocenters. The lowest BCUT2D eigenvalue weighted by atomic mass is 9.85. The van der Waals surface area contributed by atoms with Crippen molar-refractivity contribution in [2.45, 2.75) is 39.2 Å². The molecule has 6 heteroatoms. The van der Waals surface area contributed by atoms with Gasteiger partial charge in [0.2, 0.25) is 11.8 Å². The van der Waals surface area contributed by atoms with Crippen molar-refractivity contribution in [3.8, 4) is 0 Å². The maximum atomic E-state index is 12.4. The number of likely N-dealkylation sites (tertiary alicyclic amines) is 1. The second kappa shape index (κ2) is 5.56. The number of imide groups is 1. The zero-order chi connectivity index (χ0) is 15.0. The predicted molar refractivity (Wildman–Crippen MR) is 72.9 cm³/mol. The summed E-state index contributed by atoms with van der Waals surface area (Å²) in [4.78, 5) is 37.1. The molecular formula is C14H18ClNO4. The van der Waals surface area contributed by atoms with Crippen LogP contribution in [0.5, 0.6) is 0 Å². The lowest BCUT2D eigenvalue weighted by molar-refractivity contribution is -0.155. The summed E-state index contributed by atoms with van der Waals surface area (Å²) >= 11 is 5.93. The first-order chi connectivity index (χ1) is 9.32. The molecule has 20 heavy (non-hydrogen) atoms. The Morgan fingerprint density at radius 3 is 2.55 bits per heavy atom. The van der Waals surface area contributed by atoms with E-state index in [1.54, 1.807) is 6.08 Å². The van der Waals surface area contributed by atoms with Crippen molar-refractivity contribution >= 4 is 29.4 Å². The topological polar surface area (TPSA) is 74.7 Å². The first-order valence-corrected chi connectivity index (χ1v) is 7.15. The molecule has 0 aromatic rings. The number of hydrogen-bond donors (Lipinski definition) is 1. The Hall–Kier alpha value is -1.36. The number of amides is 2. The molecule has 2 amide bonds. The normalized spacial score (nSPS) is 27.6. The van der Waals surface area contributed by atoms with Gasteiger partial charge >= 0.3 is 5.97 Å². The van der Waals surface area contributed by atoms with Crippen LogP contribution in [0.3, 0.4) is 0 Å². The monoisotopic (exact) mass is 299 g/mol. The molecule has 0 spiro atoms. The summed E-state index contributed by atoms with van der Waals surface area (Å²) in [6.07, 6.45) is 2.77. The highest BCUT2D eigenvalue weighted by molar-refractivity contribution is 6.30. The van der Waals surface area contributed by atoms with E-state index >= 15 is 0 Å². The van der Waals surface area contributed by atoms with Crippen LogP contribution in [-0.4, -0.2) is 33.8 Å². The fraction of sp³-hybridized carbons (Fsp3) is 0.643. The third-order valence-corrected chi connectivity index (χ3v) is 4.20. The first-order valence-electron chi connectivity index (χ1n) is 6.77. The van der Waals surface area contributed by atoms with Crippen LogP contribution in [0.15, 0.2) is 11.1 Å². The van der Waals surface area contributed by atoms with Crippen LogP contribution in [0, 0.1) is 17.8 Å². The van der Waals surface area contributed by atoms with Gasteiger partial charge in [-0.2, -0.15) is 0 Å². The van der Waals surface area contributed by atoms with E-state index in [-0.39, 0.29) is 24.2 Å². The molecule has 0 saturated carbocycles. The van der Waals surface area contributed by atoms with Crippen molar-refractivity contribution < 1.29 is 19.5 Å². The molecule has 0 radical (unpaired) electrons. The number of carbonyl (C=O) groups is 3. The van der Waals surface area contributed by atoms with Crippen LogP contribution >= 0.6 is 11.6 Å². The SMILES string of the molecule is CC(C)CC(C(=O)O)N1C(=O)C2CC=C(Cl)CC2C1=O. The predicted octanol–water partition coefficient (Wildman–Crippen LogP) is 2.00. The zero-order valence-electron chi connectivity index (χ0n) is 11.5. The number of carboxylic acids is 1. The molecule has 2 aliphatic rings. The fourth-order valence-electron chi connectivity index (χ4n) is 2.92. The smallest absolute Gasteiger partial charge is 0.326 e. The summed E-state index contributed by atoms with van der Waals surface area (Å²) in [5.74, 6) is -2.74. The van der Waals surface area contributed by atoms with E-state index in [9.17, 15) is 19.5 Å². The van der Waals surface area contributed by atoms with E-state index in [1.165, 1.54) is 0 Å². The first kappa shape index (κ1) is 15.0. The molecule has 0 aromatic heterocycles. The highest BCUT2D eigenvalue weighted by Crippen LogP contribution is 2.40. The summed E-state index contributed by atoms with van der Waals surface area (Å²) in [6.45, 7) is 3.73. The Kier molecular flexibility index (Phi) is 4.18. The summed E-state index contributed by atoms with van der Waals surface area (Å²) in [5, 5.41) is 9.89. The van der Waals surface area contributed by atoms with Gasteiger partial charge in [-0.15, -0.1) is 0 Å². The molecule has 1 fully saturated rings. The Balaban J connectivity index is 2.27. The van der Waals surface area contributed by atoms with Crippen molar-refractivity contribution in [2.24, 2.45) is 17.8 Å². The van der Waals surface area contributed by atoms with E-state index in [0.717, 1.165) is 4.90 Å². The van der Waals surface area contributed by atoms with Gasteiger partial charge in [-0.3, -0.25) is 14.5 Å². The molecule has 1 N–H and O–H groups in total. The van der Waals surface area contributed by atoms with Crippen LogP contribution in [0.4, 0.5) is 0 Å². The van der Waals surface area contributed by atoms with Crippen LogP contribution < -0.4 is 0 Å². The average Bonchev–Trinajstić information content (AvgIpc) is 2.58. The van der Waals surface area contributed by atoms with Gasteiger partial charge in [0.05, 0.1) is 11.8 Å². The van der Waals surface area contributed by atoms with Gasteiger partial charge < -0.3 is 5.11 Å². The minimum Gasteiger partial charge on any atom is -0.480 e. The number of rotatable bonds is 4. The number of halogens is 1. The summed E-state index contributed by atoms with van der Waals surface area (Å²) in [6, 6.07) is -1.07. The molecule has 5 nitrogen and oxygen atoms in total. The van der Waals surface area contributed by atoms with E-state index in [4.69, 9.17) is 11.6 Å². The number of allylic oxidation sites excluding steroid dienone is 2.